The van der Waals surface area contributed by atoms with E-state index < -0.39 is 0 Å². The Kier molecular flexibility index (Phi) is 4.21. The maximum atomic E-state index is 12.5. The molecule has 25 heavy (non-hydrogen) atoms. The van der Waals surface area contributed by atoms with Crippen LogP contribution in [0.25, 0.3) is 0 Å². The third-order valence-corrected chi connectivity index (χ3v) is 5.09. The van der Waals surface area contributed by atoms with E-state index in [1.165, 1.54) is 0 Å². The number of anilines is 1. The summed E-state index contributed by atoms with van der Waals surface area (Å²) in [6.45, 7) is 0.393. The average Bonchev–Trinajstić information content (AvgIpc) is 3.19. The predicted octanol–water partition coefficient (Wildman–Crippen LogP) is 2.74. The molecule has 1 atom stereocenters. The molecule has 2 aromatic rings. The summed E-state index contributed by atoms with van der Waals surface area (Å²) in [5.74, 6) is -0.0641. The highest BCUT2D eigenvalue weighted by atomic mass is 35.5. The molecular formula is C18H18ClN3O3. The molecule has 1 fully saturated rings. The van der Waals surface area contributed by atoms with Crippen LogP contribution in [0.15, 0.2) is 28.8 Å². The number of nitrogens with one attached hydrogen (secondary N) is 1. The van der Waals surface area contributed by atoms with Gasteiger partial charge in [0.25, 0.3) is 5.91 Å². The van der Waals surface area contributed by atoms with Gasteiger partial charge in [-0.1, -0.05) is 28.9 Å². The number of carbonyl (C=O) groups is 2. The van der Waals surface area contributed by atoms with Crippen molar-refractivity contribution in [1.29, 1.82) is 0 Å². The first-order chi connectivity index (χ1) is 12.1. The fourth-order valence-electron chi connectivity index (χ4n) is 3.53. The molecule has 2 heterocycles. The molecule has 1 aliphatic carbocycles. The molecule has 1 saturated heterocycles. The Bertz CT molecular complexity index is 833. The minimum absolute atomic E-state index is 0.0574. The van der Waals surface area contributed by atoms with E-state index in [0.717, 1.165) is 36.9 Å². The maximum Gasteiger partial charge on any atom is 0.290 e. The molecule has 0 unspecified atom stereocenters. The van der Waals surface area contributed by atoms with E-state index in [9.17, 15) is 9.59 Å². The van der Waals surface area contributed by atoms with E-state index in [4.69, 9.17) is 16.1 Å². The van der Waals surface area contributed by atoms with Gasteiger partial charge in [0, 0.05) is 18.5 Å². The molecule has 4 rings (SSSR count). The summed E-state index contributed by atoms with van der Waals surface area (Å²) in [5, 5.41) is 7.43. The number of halogens is 1. The molecule has 1 aromatic heterocycles. The highest BCUT2D eigenvalue weighted by Gasteiger charge is 2.34. The number of rotatable bonds is 3. The van der Waals surface area contributed by atoms with Crippen molar-refractivity contribution in [3.05, 3.63) is 46.3 Å². The lowest BCUT2D eigenvalue weighted by Crippen LogP contribution is -2.37. The van der Waals surface area contributed by atoms with E-state index >= 15 is 0 Å². The van der Waals surface area contributed by atoms with Gasteiger partial charge in [-0.2, -0.15) is 0 Å². The molecule has 0 saturated carbocycles. The third kappa shape index (κ3) is 3.02. The normalized spacial score (nSPS) is 19.8. The summed E-state index contributed by atoms with van der Waals surface area (Å²) in [4.78, 5) is 26.5. The van der Waals surface area contributed by atoms with Crippen LogP contribution in [0, 0.1) is 0 Å². The van der Waals surface area contributed by atoms with Crippen LogP contribution in [0.1, 0.15) is 41.1 Å². The molecule has 0 bridgehead atoms. The zero-order chi connectivity index (χ0) is 17.4. The van der Waals surface area contributed by atoms with Gasteiger partial charge in [-0.3, -0.25) is 9.59 Å². The van der Waals surface area contributed by atoms with Crippen molar-refractivity contribution in [3.8, 4) is 0 Å². The topological polar surface area (TPSA) is 75.4 Å². The molecule has 0 spiro atoms. The summed E-state index contributed by atoms with van der Waals surface area (Å²) in [6, 6.07) is 6.93. The minimum atomic E-state index is -0.297. The van der Waals surface area contributed by atoms with Gasteiger partial charge >= 0.3 is 0 Å². The smallest absolute Gasteiger partial charge is 0.290 e. The molecule has 6 nitrogen and oxygen atoms in total. The molecular weight excluding hydrogens is 342 g/mol. The Morgan fingerprint density at radius 1 is 1.28 bits per heavy atom. The SMILES string of the molecule is O=C(N[C@@H]1CC(=O)N(c2ccccc2Cl)C1)c1onc2c1CCCC2. The van der Waals surface area contributed by atoms with Crippen molar-refractivity contribution in [2.45, 2.75) is 38.1 Å². The number of benzene rings is 1. The number of aryl methyl sites for hydroxylation is 1. The fraction of sp³-hybridized carbons (Fsp3) is 0.389. The van der Waals surface area contributed by atoms with Crippen molar-refractivity contribution in [3.63, 3.8) is 0 Å². The van der Waals surface area contributed by atoms with Gasteiger partial charge in [0.1, 0.15) is 0 Å². The Morgan fingerprint density at radius 3 is 2.92 bits per heavy atom. The van der Waals surface area contributed by atoms with E-state index in [2.05, 4.69) is 10.5 Å². The molecule has 1 aliphatic heterocycles. The summed E-state index contributed by atoms with van der Waals surface area (Å²) in [7, 11) is 0. The second-order valence-corrected chi connectivity index (χ2v) is 6.88. The summed E-state index contributed by atoms with van der Waals surface area (Å²) in [6.07, 6.45) is 4.03. The van der Waals surface area contributed by atoms with Crippen LogP contribution in [-0.2, 0) is 17.6 Å². The van der Waals surface area contributed by atoms with Crippen LogP contribution in [0.3, 0.4) is 0 Å². The van der Waals surface area contributed by atoms with E-state index in [0.29, 0.717) is 23.0 Å². The summed E-state index contributed by atoms with van der Waals surface area (Å²) >= 11 is 6.18. The van der Waals surface area contributed by atoms with Gasteiger partial charge in [-0.25, -0.2) is 0 Å². The zero-order valence-corrected chi connectivity index (χ0v) is 14.4. The molecule has 2 amide bonds. The Labute approximate surface area is 150 Å². The number of amides is 2. The summed E-state index contributed by atoms with van der Waals surface area (Å²) < 4.78 is 5.27. The van der Waals surface area contributed by atoms with E-state index in [1.807, 2.05) is 12.1 Å². The molecule has 1 N–H and O–H groups in total. The molecule has 7 heteroatoms. The first-order valence-corrected chi connectivity index (χ1v) is 8.84. The van der Waals surface area contributed by atoms with Gasteiger partial charge in [0.15, 0.2) is 0 Å². The number of aromatic nitrogens is 1. The van der Waals surface area contributed by atoms with Crippen molar-refractivity contribution >= 4 is 29.1 Å². The zero-order valence-electron chi connectivity index (χ0n) is 13.6. The van der Waals surface area contributed by atoms with Crippen LogP contribution < -0.4 is 10.2 Å². The van der Waals surface area contributed by atoms with E-state index in [-0.39, 0.29) is 24.3 Å². The van der Waals surface area contributed by atoms with Crippen LogP contribution in [0.5, 0.6) is 0 Å². The van der Waals surface area contributed by atoms with E-state index in [1.54, 1.807) is 17.0 Å². The van der Waals surface area contributed by atoms with Crippen LogP contribution in [-0.4, -0.2) is 29.6 Å². The van der Waals surface area contributed by atoms with Crippen LogP contribution in [0.4, 0.5) is 5.69 Å². The highest BCUT2D eigenvalue weighted by molar-refractivity contribution is 6.33. The van der Waals surface area contributed by atoms with Crippen molar-refractivity contribution in [1.82, 2.24) is 10.5 Å². The predicted molar refractivity (Wildman–Crippen MR) is 92.8 cm³/mol. The monoisotopic (exact) mass is 359 g/mol. The average molecular weight is 360 g/mol. The van der Waals surface area contributed by atoms with Crippen LogP contribution >= 0.6 is 11.6 Å². The molecule has 1 aromatic carbocycles. The lowest BCUT2D eigenvalue weighted by Gasteiger charge is -2.18. The van der Waals surface area contributed by atoms with Gasteiger partial charge in [-0.15, -0.1) is 0 Å². The first kappa shape index (κ1) is 16.1. The van der Waals surface area contributed by atoms with Crippen molar-refractivity contribution < 1.29 is 14.1 Å². The number of para-hydroxylation sites is 1. The number of nitrogens with zero attached hydrogens (tertiary/aromatic N) is 2. The van der Waals surface area contributed by atoms with Crippen molar-refractivity contribution in [2.24, 2.45) is 0 Å². The second-order valence-electron chi connectivity index (χ2n) is 6.47. The lowest BCUT2D eigenvalue weighted by atomic mass is 9.96. The van der Waals surface area contributed by atoms with Gasteiger partial charge in [-0.05, 0) is 37.8 Å². The molecule has 0 radical (unpaired) electrons. The standard InChI is InChI=1S/C18H18ClN3O3/c19-13-6-2-4-8-15(13)22-10-11(9-16(22)23)20-18(24)17-12-5-1-3-7-14(12)21-25-17/h2,4,6,8,11H,1,3,5,7,9-10H2,(H,20,24)/t11-/m1/s1. The number of hydrogen-bond acceptors (Lipinski definition) is 4. The number of fused-ring (bicyclic) bond motifs is 1. The largest absolute Gasteiger partial charge is 0.350 e. The molecule has 130 valence electrons. The van der Waals surface area contributed by atoms with Crippen molar-refractivity contribution in [2.75, 3.05) is 11.4 Å². The maximum absolute atomic E-state index is 12.5. The second kappa shape index (κ2) is 6.52. The Balaban J connectivity index is 1.47. The van der Waals surface area contributed by atoms with Gasteiger partial charge < -0.3 is 14.7 Å². The quantitative estimate of drug-likeness (QED) is 0.914. The number of carbonyl (C=O) groups excluding carboxylic acids is 2. The Hall–Kier alpha value is -2.34. The first-order valence-electron chi connectivity index (χ1n) is 8.46. The summed E-state index contributed by atoms with van der Waals surface area (Å²) in [5.41, 5.74) is 2.47. The minimum Gasteiger partial charge on any atom is -0.350 e. The number of hydrogen-bond donors (Lipinski definition) is 1. The molecule has 2 aliphatic rings. The highest BCUT2D eigenvalue weighted by Crippen LogP contribution is 2.29. The Morgan fingerprint density at radius 2 is 2.08 bits per heavy atom. The third-order valence-electron chi connectivity index (χ3n) is 4.77. The fourth-order valence-corrected chi connectivity index (χ4v) is 3.77. The van der Waals surface area contributed by atoms with Crippen LogP contribution in [0.2, 0.25) is 5.02 Å². The van der Waals surface area contributed by atoms with Gasteiger partial charge in [0.2, 0.25) is 11.7 Å². The van der Waals surface area contributed by atoms with Gasteiger partial charge in [0.05, 0.1) is 22.4 Å². The lowest BCUT2D eigenvalue weighted by molar-refractivity contribution is -0.117.